The van der Waals surface area contributed by atoms with E-state index in [4.69, 9.17) is 4.74 Å². The molecule has 0 radical (unpaired) electrons. The molecule has 0 fully saturated rings. The van der Waals surface area contributed by atoms with Gasteiger partial charge in [0.2, 0.25) is 5.91 Å². The summed E-state index contributed by atoms with van der Waals surface area (Å²) in [5.41, 5.74) is 4.39. The van der Waals surface area contributed by atoms with E-state index in [0.717, 1.165) is 11.1 Å². The Bertz CT molecular complexity index is 1150. The molecule has 2 amide bonds. The zero-order valence-corrected chi connectivity index (χ0v) is 18.3. The lowest BCUT2D eigenvalue weighted by molar-refractivity contribution is -0.122. The Morgan fingerprint density at radius 3 is 2.74 bits per heavy atom. The van der Waals surface area contributed by atoms with Crippen molar-refractivity contribution in [2.24, 2.45) is 0 Å². The third kappa shape index (κ3) is 4.83. The molecule has 1 aliphatic rings. The topological polar surface area (TPSA) is 80.3 Å². The summed E-state index contributed by atoms with van der Waals surface area (Å²) in [6, 6.07) is 13.7. The molecule has 1 aromatic heterocycles. The number of rotatable bonds is 5. The summed E-state index contributed by atoms with van der Waals surface area (Å²) in [6.45, 7) is 6.00. The van der Waals surface area contributed by atoms with Crippen LogP contribution in [-0.4, -0.2) is 22.9 Å². The molecule has 0 spiro atoms. The summed E-state index contributed by atoms with van der Waals surface area (Å²) < 4.78 is 5.58. The van der Waals surface area contributed by atoms with Crippen molar-refractivity contribution in [3.63, 3.8) is 0 Å². The first-order valence-corrected chi connectivity index (χ1v) is 10.9. The predicted molar refractivity (Wildman–Crippen MR) is 124 cm³/mol. The zero-order chi connectivity index (χ0) is 22.0. The molecule has 1 aliphatic heterocycles. The Hall–Kier alpha value is -3.45. The van der Waals surface area contributed by atoms with Gasteiger partial charge in [-0.25, -0.2) is 4.98 Å². The quantitative estimate of drug-likeness (QED) is 0.535. The largest absolute Gasteiger partial charge is 0.479 e. The normalized spacial score (nSPS) is 15.5. The summed E-state index contributed by atoms with van der Waals surface area (Å²) >= 11 is 1.34. The number of nitrogens with one attached hydrogen (secondary N) is 2. The molecule has 3 aromatic rings. The number of thiazole rings is 1. The molecule has 158 valence electrons. The number of hydrogen-bond donors (Lipinski definition) is 2. The van der Waals surface area contributed by atoms with Crippen LogP contribution in [0.2, 0.25) is 0 Å². The maximum atomic E-state index is 12.3. The fourth-order valence-corrected chi connectivity index (χ4v) is 3.87. The molecule has 4 rings (SSSR count). The second-order valence-corrected chi connectivity index (χ2v) is 8.50. The van der Waals surface area contributed by atoms with Crippen LogP contribution in [0.3, 0.4) is 0 Å². The highest BCUT2D eigenvalue weighted by Crippen LogP contribution is 2.34. The van der Waals surface area contributed by atoms with Crippen molar-refractivity contribution < 1.29 is 14.3 Å². The second kappa shape index (κ2) is 8.73. The van der Waals surface area contributed by atoms with Crippen molar-refractivity contribution in [1.82, 2.24) is 4.98 Å². The van der Waals surface area contributed by atoms with Gasteiger partial charge in [-0.3, -0.25) is 14.9 Å². The summed E-state index contributed by atoms with van der Waals surface area (Å²) in [5, 5.41) is 7.99. The van der Waals surface area contributed by atoms with E-state index in [9.17, 15) is 9.59 Å². The predicted octanol–water partition coefficient (Wildman–Crippen LogP) is 5.30. The van der Waals surface area contributed by atoms with Gasteiger partial charge in [-0.2, -0.15) is 0 Å². The van der Waals surface area contributed by atoms with Gasteiger partial charge in [0, 0.05) is 17.0 Å². The number of anilines is 2. The lowest BCUT2D eigenvalue weighted by atomic mass is 10.0. The average Bonchev–Trinajstić information content (AvgIpc) is 3.21. The van der Waals surface area contributed by atoms with Crippen LogP contribution in [0.4, 0.5) is 10.8 Å². The number of carbonyl (C=O) groups is 2. The Labute approximate surface area is 185 Å². The van der Waals surface area contributed by atoms with Crippen LogP contribution < -0.4 is 15.4 Å². The number of fused-ring (bicyclic) bond motifs is 1. The number of ether oxygens (including phenoxy) is 1. The van der Waals surface area contributed by atoms with Crippen LogP contribution in [0.5, 0.6) is 5.75 Å². The van der Waals surface area contributed by atoms with Crippen LogP contribution in [0, 0.1) is 0 Å². The number of carbonyl (C=O) groups excluding carboxylic acids is 2. The van der Waals surface area contributed by atoms with Gasteiger partial charge in [0.1, 0.15) is 5.75 Å². The van der Waals surface area contributed by atoms with Gasteiger partial charge < -0.3 is 10.1 Å². The third-order valence-electron chi connectivity index (χ3n) is 4.97. The van der Waals surface area contributed by atoms with Crippen LogP contribution in [0.1, 0.15) is 37.8 Å². The molecule has 7 heteroatoms. The fourth-order valence-electron chi connectivity index (χ4n) is 3.14. The molecule has 31 heavy (non-hydrogen) atoms. The standard InChI is InChI=1S/C24H23N3O3S/c1-14(2)17-7-4-16(5-8-17)6-11-22(28)27-24-26-20(13-31-24)18-9-10-21-19(12-18)25-23(29)15(3)30-21/h4-15H,1-3H3,(H,25,29)(H,26,27,28)/b11-6+. The van der Waals surface area contributed by atoms with Crippen molar-refractivity contribution in [3.05, 3.63) is 65.0 Å². The smallest absolute Gasteiger partial charge is 0.265 e. The molecular weight excluding hydrogens is 410 g/mol. The molecule has 2 N–H and O–H groups in total. The van der Waals surface area contributed by atoms with E-state index in [1.54, 1.807) is 13.0 Å². The highest BCUT2D eigenvalue weighted by Gasteiger charge is 2.23. The average molecular weight is 434 g/mol. The first kappa shape index (κ1) is 20.8. The van der Waals surface area contributed by atoms with Crippen molar-refractivity contribution in [2.45, 2.75) is 32.8 Å². The number of benzene rings is 2. The van der Waals surface area contributed by atoms with Crippen LogP contribution >= 0.6 is 11.3 Å². The Kier molecular flexibility index (Phi) is 5.86. The number of nitrogens with zero attached hydrogens (tertiary/aromatic N) is 1. The molecule has 0 saturated carbocycles. The molecule has 2 aromatic carbocycles. The molecule has 0 bridgehead atoms. The summed E-state index contributed by atoms with van der Waals surface area (Å²) in [4.78, 5) is 28.6. The van der Waals surface area contributed by atoms with E-state index in [2.05, 4.69) is 41.6 Å². The lowest BCUT2D eigenvalue weighted by Gasteiger charge is -2.23. The summed E-state index contributed by atoms with van der Waals surface area (Å²) in [5.74, 6) is 0.685. The Morgan fingerprint density at radius 2 is 2.00 bits per heavy atom. The van der Waals surface area contributed by atoms with Crippen LogP contribution in [0.15, 0.2) is 53.9 Å². The summed E-state index contributed by atoms with van der Waals surface area (Å²) in [6.07, 6.45) is 2.76. The van der Waals surface area contributed by atoms with Crippen molar-refractivity contribution in [1.29, 1.82) is 0 Å². The zero-order valence-electron chi connectivity index (χ0n) is 17.5. The van der Waals surface area contributed by atoms with E-state index in [1.165, 1.54) is 23.0 Å². The van der Waals surface area contributed by atoms with E-state index in [1.807, 2.05) is 35.7 Å². The highest BCUT2D eigenvalue weighted by atomic mass is 32.1. The SMILES string of the molecule is CC1Oc2ccc(-c3csc(NC(=O)/C=C/c4ccc(C(C)C)cc4)n3)cc2NC1=O. The monoisotopic (exact) mass is 433 g/mol. The van der Waals surface area contributed by atoms with E-state index < -0.39 is 6.10 Å². The molecule has 2 heterocycles. The second-order valence-electron chi connectivity index (χ2n) is 7.64. The van der Waals surface area contributed by atoms with Crippen LogP contribution in [0.25, 0.3) is 17.3 Å². The molecule has 1 atom stereocenters. The first-order valence-electron chi connectivity index (χ1n) is 10.1. The van der Waals surface area contributed by atoms with Gasteiger partial charge in [0.15, 0.2) is 11.2 Å². The summed E-state index contributed by atoms with van der Waals surface area (Å²) in [7, 11) is 0. The minimum atomic E-state index is -0.513. The third-order valence-corrected chi connectivity index (χ3v) is 5.73. The molecule has 1 unspecified atom stereocenters. The van der Waals surface area contributed by atoms with Gasteiger partial charge in [-0.05, 0) is 48.2 Å². The lowest BCUT2D eigenvalue weighted by Crippen LogP contribution is -2.34. The van der Waals surface area contributed by atoms with Gasteiger partial charge in [0.25, 0.3) is 5.91 Å². The molecular formula is C24H23N3O3S. The van der Waals surface area contributed by atoms with E-state index >= 15 is 0 Å². The van der Waals surface area contributed by atoms with E-state index in [0.29, 0.717) is 28.2 Å². The Morgan fingerprint density at radius 1 is 1.23 bits per heavy atom. The van der Waals surface area contributed by atoms with Crippen LogP contribution in [-0.2, 0) is 9.59 Å². The minimum Gasteiger partial charge on any atom is -0.479 e. The van der Waals surface area contributed by atoms with Crippen molar-refractivity contribution in [2.75, 3.05) is 10.6 Å². The number of hydrogen-bond acceptors (Lipinski definition) is 5. The maximum Gasteiger partial charge on any atom is 0.265 e. The minimum absolute atomic E-state index is 0.179. The maximum absolute atomic E-state index is 12.3. The molecule has 0 aliphatic carbocycles. The van der Waals surface area contributed by atoms with Gasteiger partial charge >= 0.3 is 0 Å². The first-order chi connectivity index (χ1) is 14.9. The highest BCUT2D eigenvalue weighted by molar-refractivity contribution is 7.14. The van der Waals surface area contributed by atoms with Crippen molar-refractivity contribution in [3.8, 4) is 17.0 Å². The van der Waals surface area contributed by atoms with Gasteiger partial charge in [0.05, 0.1) is 11.4 Å². The van der Waals surface area contributed by atoms with Gasteiger partial charge in [-0.1, -0.05) is 38.1 Å². The van der Waals surface area contributed by atoms with Gasteiger partial charge in [-0.15, -0.1) is 11.3 Å². The van der Waals surface area contributed by atoms with E-state index in [-0.39, 0.29) is 11.8 Å². The molecule has 6 nitrogen and oxygen atoms in total. The molecule has 0 saturated heterocycles. The number of aromatic nitrogens is 1. The number of amides is 2. The fraction of sp³-hybridized carbons (Fsp3) is 0.208. The Balaban J connectivity index is 1.41. The van der Waals surface area contributed by atoms with Crippen molar-refractivity contribution >= 4 is 40.0 Å².